The molecule has 1 fully saturated rings. The first-order chi connectivity index (χ1) is 7.27. The Morgan fingerprint density at radius 3 is 3.00 bits per heavy atom. The van der Waals surface area contributed by atoms with Gasteiger partial charge in [0.1, 0.15) is 0 Å². The van der Waals surface area contributed by atoms with Crippen molar-refractivity contribution < 1.29 is 0 Å². The third-order valence-electron chi connectivity index (χ3n) is 3.06. The fourth-order valence-corrected chi connectivity index (χ4v) is 2.52. The van der Waals surface area contributed by atoms with Crippen LogP contribution in [0, 0.1) is 5.92 Å². The fourth-order valence-electron chi connectivity index (χ4n) is 2.37. The molecular formula is C11H25N3S. The molecule has 2 unspecified atom stereocenters. The molecule has 1 heterocycles. The third kappa shape index (κ3) is 4.72. The molecule has 15 heavy (non-hydrogen) atoms. The highest BCUT2D eigenvalue weighted by molar-refractivity contribution is 7.80. The molecule has 0 saturated carbocycles. The lowest BCUT2D eigenvalue weighted by Gasteiger charge is -2.24. The van der Waals surface area contributed by atoms with E-state index in [4.69, 9.17) is 5.73 Å². The molecule has 0 aromatic carbocycles. The maximum absolute atomic E-state index is 5.56. The molecule has 90 valence electrons. The number of nitrogens with two attached hydrogens (primary N) is 1. The van der Waals surface area contributed by atoms with Crippen LogP contribution < -0.4 is 11.1 Å². The Bertz CT molecular complexity index is 166. The highest BCUT2D eigenvalue weighted by Gasteiger charge is 2.28. The summed E-state index contributed by atoms with van der Waals surface area (Å²) < 4.78 is 0. The van der Waals surface area contributed by atoms with Gasteiger partial charge in [-0.2, -0.15) is 12.6 Å². The molecule has 0 radical (unpaired) electrons. The van der Waals surface area contributed by atoms with Crippen LogP contribution in [0.4, 0.5) is 0 Å². The zero-order valence-electron chi connectivity index (χ0n) is 9.78. The second-order valence-corrected chi connectivity index (χ2v) is 5.01. The second kappa shape index (κ2) is 7.49. The van der Waals surface area contributed by atoms with Crippen molar-refractivity contribution in [2.75, 3.05) is 38.5 Å². The van der Waals surface area contributed by atoms with Gasteiger partial charge in [0.15, 0.2) is 0 Å². The van der Waals surface area contributed by atoms with E-state index < -0.39 is 0 Å². The first kappa shape index (κ1) is 13.3. The van der Waals surface area contributed by atoms with E-state index in [0.717, 1.165) is 44.3 Å². The summed E-state index contributed by atoms with van der Waals surface area (Å²) in [6, 6.07) is 0.714. The van der Waals surface area contributed by atoms with Gasteiger partial charge in [0, 0.05) is 31.4 Å². The summed E-state index contributed by atoms with van der Waals surface area (Å²) in [6.07, 6.45) is 2.44. The third-order valence-corrected chi connectivity index (χ3v) is 3.28. The zero-order chi connectivity index (χ0) is 11.1. The number of nitrogens with zero attached hydrogens (tertiary/aromatic N) is 1. The molecule has 1 aliphatic heterocycles. The summed E-state index contributed by atoms with van der Waals surface area (Å²) in [6.45, 7) is 7.67. The molecule has 1 rings (SSSR count). The molecule has 0 bridgehead atoms. The van der Waals surface area contributed by atoms with Crippen LogP contribution in [0.15, 0.2) is 0 Å². The SMILES string of the molecule is CC1CC(CNCCS)N(CCCN)C1. The highest BCUT2D eigenvalue weighted by Crippen LogP contribution is 2.22. The Morgan fingerprint density at radius 1 is 1.53 bits per heavy atom. The predicted octanol–water partition coefficient (Wildman–Crippen LogP) is 0.565. The predicted molar refractivity (Wildman–Crippen MR) is 69.5 cm³/mol. The van der Waals surface area contributed by atoms with Crippen LogP contribution >= 0.6 is 12.6 Å². The van der Waals surface area contributed by atoms with Crippen LogP contribution in [-0.2, 0) is 0 Å². The second-order valence-electron chi connectivity index (χ2n) is 4.56. The Kier molecular flexibility index (Phi) is 6.64. The van der Waals surface area contributed by atoms with Gasteiger partial charge in [-0.05, 0) is 31.8 Å². The van der Waals surface area contributed by atoms with Crippen molar-refractivity contribution >= 4 is 12.6 Å². The molecule has 3 N–H and O–H groups in total. The van der Waals surface area contributed by atoms with Gasteiger partial charge in [-0.25, -0.2) is 0 Å². The Hall–Kier alpha value is 0.230. The minimum Gasteiger partial charge on any atom is -0.330 e. The van der Waals surface area contributed by atoms with Gasteiger partial charge in [-0.3, -0.25) is 4.90 Å². The quantitative estimate of drug-likeness (QED) is 0.443. The van der Waals surface area contributed by atoms with E-state index in [9.17, 15) is 0 Å². The van der Waals surface area contributed by atoms with Crippen molar-refractivity contribution in [2.24, 2.45) is 11.7 Å². The molecule has 2 atom stereocenters. The lowest BCUT2D eigenvalue weighted by atomic mass is 10.1. The van der Waals surface area contributed by atoms with Gasteiger partial charge in [0.25, 0.3) is 0 Å². The molecule has 0 amide bonds. The van der Waals surface area contributed by atoms with Crippen LogP contribution in [0.3, 0.4) is 0 Å². The van der Waals surface area contributed by atoms with Gasteiger partial charge in [-0.15, -0.1) is 0 Å². The minimum atomic E-state index is 0.714. The van der Waals surface area contributed by atoms with E-state index in [0.29, 0.717) is 6.04 Å². The van der Waals surface area contributed by atoms with Crippen LogP contribution in [0.25, 0.3) is 0 Å². The smallest absolute Gasteiger partial charge is 0.0223 e. The number of thiol groups is 1. The molecule has 0 spiro atoms. The summed E-state index contributed by atoms with van der Waals surface area (Å²) in [5.41, 5.74) is 5.56. The lowest BCUT2D eigenvalue weighted by Crippen LogP contribution is -2.39. The van der Waals surface area contributed by atoms with Gasteiger partial charge < -0.3 is 11.1 Å². The average molecular weight is 231 g/mol. The van der Waals surface area contributed by atoms with E-state index >= 15 is 0 Å². The molecule has 3 nitrogen and oxygen atoms in total. The van der Waals surface area contributed by atoms with Crippen molar-refractivity contribution in [2.45, 2.75) is 25.8 Å². The van der Waals surface area contributed by atoms with Crippen molar-refractivity contribution in [1.29, 1.82) is 0 Å². The largest absolute Gasteiger partial charge is 0.330 e. The van der Waals surface area contributed by atoms with Crippen LogP contribution in [0.5, 0.6) is 0 Å². The first-order valence-corrected chi connectivity index (χ1v) is 6.67. The summed E-state index contributed by atoms with van der Waals surface area (Å²) in [7, 11) is 0. The Labute approximate surface area is 99.2 Å². The lowest BCUT2D eigenvalue weighted by molar-refractivity contribution is 0.245. The first-order valence-electron chi connectivity index (χ1n) is 6.03. The summed E-state index contributed by atoms with van der Waals surface area (Å²) >= 11 is 4.20. The molecule has 1 saturated heterocycles. The molecule has 0 aromatic rings. The number of hydrogen-bond donors (Lipinski definition) is 3. The van der Waals surface area contributed by atoms with E-state index in [-0.39, 0.29) is 0 Å². The Balaban J connectivity index is 2.25. The van der Waals surface area contributed by atoms with E-state index in [2.05, 4.69) is 29.8 Å². The maximum atomic E-state index is 5.56. The maximum Gasteiger partial charge on any atom is 0.0223 e. The molecule has 0 aromatic heterocycles. The highest BCUT2D eigenvalue weighted by atomic mass is 32.1. The van der Waals surface area contributed by atoms with Crippen molar-refractivity contribution in [1.82, 2.24) is 10.2 Å². The molecule has 4 heteroatoms. The average Bonchev–Trinajstić information content (AvgIpc) is 2.56. The summed E-state index contributed by atoms with van der Waals surface area (Å²) in [5, 5.41) is 3.45. The molecule has 1 aliphatic rings. The van der Waals surface area contributed by atoms with Crippen molar-refractivity contribution in [3.63, 3.8) is 0 Å². The zero-order valence-corrected chi connectivity index (χ0v) is 10.7. The van der Waals surface area contributed by atoms with Crippen LogP contribution in [0.2, 0.25) is 0 Å². The van der Waals surface area contributed by atoms with Crippen LogP contribution in [0.1, 0.15) is 19.8 Å². The minimum absolute atomic E-state index is 0.714. The monoisotopic (exact) mass is 231 g/mol. The summed E-state index contributed by atoms with van der Waals surface area (Å²) in [4.78, 5) is 2.59. The van der Waals surface area contributed by atoms with Gasteiger partial charge in [0.2, 0.25) is 0 Å². The number of hydrogen-bond acceptors (Lipinski definition) is 4. The number of nitrogens with one attached hydrogen (secondary N) is 1. The van der Waals surface area contributed by atoms with Gasteiger partial charge in [-0.1, -0.05) is 6.92 Å². The van der Waals surface area contributed by atoms with E-state index in [1.54, 1.807) is 0 Å². The van der Waals surface area contributed by atoms with Gasteiger partial charge in [0.05, 0.1) is 0 Å². The van der Waals surface area contributed by atoms with Crippen LogP contribution in [-0.4, -0.2) is 49.4 Å². The molecule has 0 aliphatic carbocycles. The number of rotatable bonds is 7. The van der Waals surface area contributed by atoms with E-state index in [1.807, 2.05) is 0 Å². The molecular weight excluding hydrogens is 206 g/mol. The Morgan fingerprint density at radius 2 is 2.33 bits per heavy atom. The van der Waals surface area contributed by atoms with Crippen molar-refractivity contribution in [3.8, 4) is 0 Å². The number of likely N-dealkylation sites (tertiary alicyclic amines) is 1. The standard InChI is InChI=1S/C11H25N3S/c1-10-7-11(8-13-4-6-15)14(9-10)5-2-3-12/h10-11,13,15H,2-9,12H2,1H3. The van der Waals surface area contributed by atoms with Gasteiger partial charge >= 0.3 is 0 Å². The van der Waals surface area contributed by atoms with Crippen molar-refractivity contribution in [3.05, 3.63) is 0 Å². The van der Waals surface area contributed by atoms with E-state index in [1.165, 1.54) is 13.0 Å². The summed E-state index contributed by atoms with van der Waals surface area (Å²) in [5.74, 6) is 1.76. The normalized spacial score (nSPS) is 27.4. The topological polar surface area (TPSA) is 41.3 Å². The fraction of sp³-hybridized carbons (Fsp3) is 1.00.